The Kier molecular flexibility index (Phi) is 13.7. The van der Waals surface area contributed by atoms with Gasteiger partial charge in [0.05, 0.1) is 6.07 Å². The van der Waals surface area contributed by atoms with Crippen molar-refractivity contribution < 1.29 is 0 Å². The molecule has 0 radical (unpaired) electrons. The molecule has 1 rings (SSSR count). The molecule has 0 saturated carbocycles. The lowest BCUT2D eigenvalue weighted by molar-refractivity contribution is 1.48. The third kappa shape index (κ3) is 11.5. The standard InChI is InChI=1S/C7H8.C2H3N.C2H6/c1-7-5-3-2-4-6-7;1-2-3;1-2/h2-6H,1H3;1H3;1-2H3. The zero-order chi connectivity index (χ0) is 9.82. The monoisotopic (exact) mass is 163 g/mol. The first-order valence-corrected chi connectivity index (χ1v) is 4.13. The minimum absolute atomic E-state index is 1.32. The van der Waals surface area contributed by atoms with Gasteiger partial charge in [-0.15, -0.1) is 0 Å². The van der Waals surface area contributed by atoms with Crippen molar-refractivity contribution in [2.75, 3.05) is 0 Å². The van der Waals surface area contributed by atoms with Gasteiger partial charge in [0.15, 0.2) is 0 Å². The molecule has 1 heteroatoms. The van der Waals surface area contributed by atoms with Crippen LogP contribution in [0.5, 0.6) is 0 Å². The molecule has 0 amide bonds. The van der Waals surface area contributed by atoms with Crippen molar-refractivity contribution in [2.24, 2.45) is 0 Å². The maximum Gasteiger partial charge on any atom is 0.0587 e. The van der Waals surface area contributed by atoms with Crippen molar-refractivity contribution in [3.05, 3.63) is 35.9 Å². The van der Waals surface area contributed by atoms with Crippen LogP contribution in [0, 0.1) is 18.3 Å². The predicted octanol–water partition coefficient (Wildman–Crippen LogP) is 3.55. The largest absolute Gasteiger partial charge is 0.199 e. The van der Waals surface area contributed by atoms with Gasteiger partial charge in [0.1, 0.15) is 0 Å². The van der Waals surface area contributed by atoms with Crippen molar-refractivity contribution in [2.45, 2.75) is 27.7 Å². The van der Waals surface area contributed by atoms with Crippen molar-refractivity contribution in [3.63, 3.8) is 0 Å². The molecule has 1 nitrogen and oxygen atoms in total. The van der Waals surface area contributed by atoms with Gasteiger partial charge in [-0.25, -0.2) is 0 Å². The quantitative estimate of drug-likeness (QED) is 0.573. The highest BCUT2D eigenvalue weighted by atomic mass is 14.2. The summed E-state index contributed by atoms with van der Waals surface area (Å²) in [7, 11) is 0. The summed E-state index contributed by atoms with van der Waals surface area (Å²) in [5.74, 6) is 0. The third-order valence-corrected chi connectivity index (χ3v) is 0.940. The van der Waals surface area contributed by atoms with Gasteiger partial charge >= 0.3 is 0 Å². The molecule has 0 aromatic heterocycles. The molecule has 0 fully saturated rings. The van der Waals surface area contributed by atoms with Gasteiger partial charge in [-0.2, -0.15) is 5.26 Å². The average Bonchev–Trinajstić information content (AvgIpc) is 2.11. The summed E-state index contributed by atoms with van der Waals surface area (Å²) in [5.41, 5.74) is 1.32. The number of nitriles is 1. The van der Waals surface area contributed by atoms with E-state index in [1.165, 1.54) is 12.5 Å². The summed E-state index contributed by atoms with van der Waals surface area (Å²) in [4.78, 5) is 0. The Balaban J connectivity index is 0. The maximum absolute atomic E-state index is 7.32. The SMILES string of the molecule is CC.CC#N.Cc1ccccc1. The van der Waals surface area contributed by atoms with E-state index in [0.717, 1.165) is 0 Å². The van der Waals surface area contributed by atoms with Crippen LogP contribution in [0.25, 0.3) is 0 Å². The van der Waals surface area contributed by atoms with Gasteiger partial charge in [0.25, 0.3) is 0 Å². The van der Waals surface area contributed by atoms with Crippen molar-refractivity contribution in [1.29, 1.82) is 5.26 Å². The van der Waals surface area contributed by atoms with Crippen LogP contribution in [0.1, 0.15) is 26.3 Å². The van der Waals surface area contributed by atoms with E-state index < -0.39 is 0 Å². The number of nitrogens with zero attached hydrogens (tertiary/aromatic N) is 1. The summed E-state index contributed by atoms with van der Waals surface area (Å²) in [5, 5.41) is 7.32. The molecule has 12 heavy (non-hydrogen) atoms. The predicted molar refractivity (Wildman–Crippen MR) is 53.8 cm³/mol. The smallest absolute Gasteiger partial charge is 0.0587 e. The Bertz CT molecular complexity index is 196. The maximum atomic E-state index is 7.32. The first kappa shape index (κ1) is 13.3. The first-order chi connectivity index (χ1) is 5.81. The van der Waals surface area contributed by atoms with E-state index in [0.29, 0.717) is 0 Å². The number of aryl methyl sites for hydroxylation is 1. The molecule has 0 saturated heterocycles. The fourth-order valence-electron chi connectivity index (χ4n) is 0.534. The normalized spacial score (nSPS) is 6.25. The van der Waals surface area contributed by atoms with Gasteiger partial charge in [-0.1, -0.05) is 49.7 Å². The molecular weight excluding hydrogens is 146 g/mol. The Morgan fingerprint density at radius 3 is 1.58 bits per heavy atom. The zero-order valence-electron chi connectivity index (χ0n) is 8.33. The minimum atomic E-state index is 1.32. The molecule has 0 aliphatic heterocycles. The van der Waals surface area contributed by atoms with Gasteiger partial charge in [-0.3, -0.25) is 0 Å². The number of rotatable bonds is 0. The topological polar surface area (TPSA) is 23.8 Å². The summed E-state index contributed by atoms with van der Waals surface area (Å²) in [6, 6.07) is 12.0. The van der Waals surface area contributed by atoms with Gasteiger partial charge in [0.2, 0.25) is 0 Å². The number of benzene rings is 1. The summed E-state index contributed by atoms with van der Waals surface area (Å²) >= 11 is 0. The molecule has 0 aliphatic rings. The highest BCUT2D eigenvalue weighted by molar-refractivity contribution is 5.11. The van der Waals surface area contributed by atoms with Crippen molar-refractivity contribution in [3.8, 4) is 6.07 Å². The summed E-state index contributed by atoms with van der Waals surface area (Å²) in [6.45, 7) is 7.51. The van der Waals surface area contributed by atoms with E-state index in [1.54, 1.807) is 6.07 Å². The van der Waals surface area contributed by atoms with E-state index >= 15 is 0 Å². The van der Waals surface area contributed by atoms with Crippen molar-refractivity contribution in [1.82, 2.24) is 0 Å². The van der Waals surface area contributed by atoms with Crippen molar-refractivity contribution >= 4 is 0 Å². The first-order valence-electron chi connectivity index (χ1n) is 4.13. The fraction of sp³-hybridized carbons (Fsp3) is 0.364. The Morgan fingerprint density at radius 1 is 1.08 bits per heavy atom. The van der Waals surface area contributed by atoms with Crippen LogP contribution in [-0.4, -0.2) is 0 Å². The van der Waals surface area contributed by atoms with E-state index in [4.69, 9.17) is 5.26 Å². The molecule has 0 unspecified atom stereocenters. The summed E-state index contributed by atoms with van der Waals surface area (Å²) < 4.78 is 0. The van der Waals surface area contributed by atoms with E-state index in [9.17, 15) is 0 Å². The molecule has 66 valence electrons. The van der Waals surface area contributed by atoms with Crippen LogP contribution in [0.15, 0.2) is 30.3 Å². The average molecular weight is 163 g/mol. The Labute approximate surface area is 75.7 Å². The van der Waals surface area contributed by atoms with Crippen LogP contribution < -0.4 is 0 Å². The van der Waals surface area contributed by atoms with E-state index in [-0.39, 0.29) is 0 Å². The molecule has 0 aliphatic carbocycles. The molecule has 0 N–H and O–H groups in total. The Morgan fingerprint density at radius 2 is 1.42 bits per heavy atom. The van der Waals surface area contributed by atoms with Gasteiger partial charge in [-0.05, 0) is 6.92 Å². The number of hydrogen-bond acceptors (Lipinski definition) is 1. The van der Waals surface area contributed by atoms with Crippen LogP contribution >= 0.6 is 0 Å². The second-order valence-corrected chi connectivity index (χ2v) is 1.88. The lowest BCUT2D eigenvalue weighted by Crippen LogP contribution is -1.62. The molecular formula is C11H17N. The molecule has 0 heterocycles. The second-order valence-electron chi connectivity index (χ2n) is 1.88. The lowest BCUT2D eigenvalue weighted by atomic mass is 10.2. The minimum Gasteiger partial charge on any atom is -0.199 e. The zero-order valence-corrected chi connectivity index (χ0v) is 8.33. The van der Waals surface area contributed by atoms with Gasteiger partial charge < -0.3 is 0 Å². The van der Waals surface area contributed by atoms with Crippen LogP contribution in [0.3, 0.4) is 0 Å². The number of hydrogen-bond donors (Lipinski definition) is 0. The molecule has 0 atom stereocenters. The van der Waals surface area contributed by atoms with Crippen LogP contribution in [0.2, 0.25) is 0 Å². The van der Waals surface area contributed by atoms with E-state index in [1.807, 2.05) is 32.0 Å². The highest BCUT2D eigenvalue weighted by Gasteiger charge is 1.72. The van der Waals surface area contributed by atoms with Gasteiger partial charge in [0, 0.05) is 6.92 Å². The fourth-order valence-corrected chi connectivity index (χ4v) is 0.534. The lowest BCUT2D eigenvalue weighted by Gasteiger charge is -1.82. The van der Waals surface area contributed by atoms with E-state index in [2.05, 4.69) is 19.1 Å². The van der Waals surface area contributed by atoms with Crippen LogP contribution in [-0.2, 0) is 0 Å². The van der Waals surface area contributed by atoms with Crippen LogP contribution in [0.4, 0.5) is 0 Å². The molecule has 0 bridgehead atoms. The molecule has 1 aromatic carbocycles. The molecule has 0 spiro atoms. The highest BCUT2D eigenvalue weighted by Crippen LogP contribution is 1.92. The second kappa shape index (κ2) is 12.4. The Hall–Kier alpha value is -1.29. The third-order valence-electron chi connectivity index (χ3n) is 0.940. The summed E-state index contributed by atoms with van der Waals surface area (Å²) in [6.07, 6.45) is 0. The molecule has 1 aromatic rings.